The van der Waals surface area contributed by atoms with Crippen LogP contribution in [0, 0.1) is 12.3 Å². The predicted octanol–water partition coefficient (Wildman–Crippen LogP) is 6.13. The normalized spacial score (nSPS) is 14.0. The lowest BCUT2D eigenvalue weighted by molar-refractivity contribution is -0.121. The predicted molar refractivity (Wildman–Crippen MR) is 222 cm³/mol. The third-order valence-corrected chi connectivity index (χ3v) is 10.9. The second-order valence-corrected chi connectivity index (χ2v) is 15.3. The molecular formula is C43H51N7O6S. The van der Waals surface area contributed by atoms with E-state index in [0.29, 0.717) is 31.5 Å². The summed E-state index contributed by atoms with van der Waals surface area (Å²) in [4.78, 5) is 57.3. The van der Waals surface area contributed by atoms with E-state index in [4.69, 9.17) is 11.1 Å². The Morgan fingerprint density at radius 2 is 1.65 bits per heavy atom. The van der Waals surface area contributed by atoms with Gasteiger partial charge in [-0.1, -0.05) is 55.7 Å². The van der Waals surface area contributed by atoms with Crippen molar-refractivity contribution >= 4 is 46.4 Å². The van der Waals surface area contributed by atoms with Crippen molar-refractivity contribution in [1.82, 2.24) is 25.8 Å². The highest BCUT2D eigenvalue weighted by Crippen LogP contribution is 2.32. The minimum Gasteiger partial charge on any atom is -0.507 e. The van der Waals surface area contributed by atoms with Crippen molar-refractivity contribution in [3.8, 4) is 16.2 Å². The summed E-state index contributed by atoms with van der Waals surface area (Å²) in [7, 11) is 3.10. The lowest BCUT2D eigenvalue weighted by atomic mass is 10.0. The first-order valence-corrected chi connectivity index (χ1v) is 20.0. The number of unbranched alkanes of at least 4 members (excludes halogenated alkanes) is 4. The molecule has 8 N–H and O–H groups in total. The first kappa shape index (κ1) is 42.3. The third-order valence-electron chi connectivity index (χ3n) is 9.96. The van der Waals surface area contributed by atoms with E-state index in [0.717, 1.165) is 71.0 Å². The fourth-order valence-electron chi connectivity index (χ4n) is 6.69. The highest BCUT2D eigenvalue weighted by molar-refractivity contribution is 7.13. The summed E-state index contributed by atoms with van der Waals surface area (Å²) >= 11 is 1.60. The minimum atomic E-state index is -0.704. The van der Waals surface area contributed by atoms with Gasteiger partial charge in [-0.05, 0) is 79.1 Å². The molecule has 1 aromatic heterocycles. The van der Waals surface area contributed by atoms with E-state index in [1.807, 2.05) is 42.8 Å². The molecule has 1 aliphatic rings. The Bertz CT molecular complexity index is 2130. The Morgan fingerprint density at radius 1 is 0.965 bits per heavy atom. The Kier molecular flexibility index (Phi) is 14.7. The maximum atomic E-state index is 13.0. The van der Waals surface area contributed by atoms with Crippen LogP contribution in [0.15, 0.2) is 72.3 Å². The van der Waals surface area contributed by atoms with Gasteiger partial charge in [0.05, 0.1) is 27.7 Å². The number of aromatic hydroxyl groups is 1. The largest absolute Gasteiger partial charge is 0.507 e. The van der Waals surface area contributed by atoms with Crippen LogP contribution in [0.4, 0.5) is 0 Å². The van der Waals surface area contributed by atoms with Crippen molar-refractivity contribution in [2.45, 2.75) is 70.4 Å². The number of hydrogen-bond donors (Lipinski definition) is 7. The number of carbonyl (C=O) groups excluding carboxylic acids is 4. The van der Waals surface area contributed by atoms with Crippen LogP contribution >= 0.6 is 11.3 Å². The van der Waals surface area contributed by atoms with Crippen molar-refractivity contribution in [3.05, 3.63) is 111 Å². The van der Waals surface area contributed by atoms with E-state index in [9.17, 15) is 29.4 Å². The Hall–Kier alpha value is -5.86. The number of nitrogens with two attached hydrogens (primary N) is 1. The quantitative estimate of drug-likeness (QED) is 0.0353. The summed E-state index contributed by atoms with van der Waals surface area (Å²) in [6.07, 6.45) is 7.06. The SMILES string of the molecule is Cc1ncsc1-c1ccc([C@@H](N)CC(=O)NCCCCCCCNC(=O)c2ccc3c(c2)[C@H](NC(=O)C(=N)/C=C(\O)c2ccc(C(=O)N(C)C)c(O)c2)CC3)cc1. The van der Waals surface area contributed by atoms with Gasteiger partial charge >= 0.3 is 0 Å². The number of nitrogens with one attached hydrogen (secondary N) is 4. The Labute approximate surface area is 336 Å². The standard InChI is InChI=1S/C43H51N7O6S/c1-26-40(57-25-48-26)29-12-10-28(11-13-29)34(44)24-39(53)46-19-7-5-4-6-8-20-47-41(54)31-14-9-27-16-18-36(33(27)21-31)49-42(55)35(45)23-37(51)30-15-17-32(38(52)22-30)43(56)50(2)3/h9-15,17,21-23,25,34,36,45,51-52H,4-8,16,18-20,24,44H2,1-3H3,(H,46,53)(H,47,54)(H,49,55)/b37-23-,45-35?/t34-,36+/m0/s1. The van der Waals surface area contributed by atoms with Crippen molar-refractivity contribution < 1.29 is 29.4 Å². The molecule has 4 aromatic rings. The molecule has 0 aliphatic heterocycles. The first-order valence-electron chi connectivity index (χ1n) is 19.1. The molecule has 0 unspecified atom stereocenters. The van der Waals surface area contributed by atoms with Crippen LogP contribution < -0.4 is 21.7 Å². The number of hydrogen-bond acceptors (Lipinski definition) is 10. The van der Waals surface area contributed by atoms with Gasteiger partial charge in [0.15, 0.2) is 0 Å². The number of phenols is 1. The first-order chi connectivity index (χ1) is 27.3. The molecule has 0 saturated carbocycles. The summed E-state index contributed by atoms with van der Waals surface area (Å²) in [6.45, 7) is 3.10. The maximum absolute atomic E-state index is 13.0. The van der Waals surface area contributed by atoms with Crippen molar-refractivity contribution in [1.29, 1.82) is 5.41 Å². The highest BCUT2D eigenvalue weighted by atomic mass is 32.1. The van der Waals surface area contributed by atoms with Gasteiger partial charge in [0.25, 0.3) is 17.7 Å². The van der Waals surface area contributed by atoms with Crippen LogP contribution in [0.1, 0.15) is 106 Å². The number of fused-ring (bicyclic) bond motifs is 1. The molecule has 2 atom stereocenters. The molecule has 5 rings (SSSR count). The Balaban J connectivity index is 0.975. The van der Waals surface area contributed by atoms with Crippen molar-refractivity contribution in [3.63, 3.8) is 0 Å². The lowest BCUT2D eigenvalue weighted by Gasteiger charge is -2.15. The summed E-state index contributed by atoms with van der Waals surface area (Å²) in [5, 5.41) is 37.8. The summed E-state index contributed by atoms with van der Waals surface area (Å²) in [6, 6.07) is 16.6. The monoisotopic (exact) mass is 793 g/mol. The van der Waals surface area contributed by atoms with Crippen LogP contribution in [-0.2, 0) is 16.0 Å². The molecule has 3 aromatic carbocycles. The summed E-state index contributed by atoms with van der Waals surface area (Å²) < 4.78 is 0. The second-order valence-electron chi connectivity index (χ2n) is 14.4. The lowest BCUT2D eigenvalue weighted by Crippen LogP contribution is -2.32. The van der Waals surface area contributed by atoms with E-state index >= 15 is 0 Å². The van der Waals surface area contributed by atoms with E-state index in [1.54, 1.807) is 37.6 Å². The molecule has 57 heavy (non-hydrogen) atoms. The van der Waals surface area contributed by atoms with E-state index < -0.39 is 29.3 Å². The minimum absolute atomic E-state index is 0.0583. The van der Waals surface area contributed by atoms with Gasteiger partial charge in [-0.2, -0.15) is 0 Å². The van der Waals surface area contributed by atoms with E-state index in [2.05, 4.69) is 20.9 Å². The van der Waals surface area contributed by atoms with Crippen LogP contribution in [0.2, 0.25) is 0 Å². The summed E-state index contributed by atoms with van der Waals surface area (Å²) in [5.41, 5.74) is 13.2. The number of carbonyl (C=O) groups is 4. The zero-order valence-electron chi connectivity index (χ0n) is 32.6. The molecular weight excluding hydrogens is 743 g/mol. The maximum Gasteiger partial charge on any atom is 0.269 e. The molecule has 13 nitrogen and oxygen atoms in total. The van der Waals surface area contributed by atoms with Crippen molar-refractivity contribution in [2.75, 3.05) is 27.2 Å². The van der Waals surface area contributed by atoms with Gasteiger partial charge in [-0.3, -0.25) is 24.6 Å². The molecule has 0 radical (unpaired) electrons. The van der Waals surface area contributed by atoms with Gasteiger partial charge in [0.1, 0.15) is 17.2 Å². The van der Waals surface area contributed by atoms with Crippen LogP contribution in [0.25, 0.3) is 16.2 Å². The molecule has 0 fully saturated rings. The zero-order chi connectivity index (χ0) is 41.1. The van der Waals surface area contributed by atoms with Crippen molar-refractivity contribution in [2.24, 2.45) is 5.73 Å². The number of nitrogens with zero attached hydrogens (tertiary/aromatic N) is 2. The number of thiazole rings is 1. The molecule has 0 spiro atoms. The number of phenolic OH excluding ortho intramolecular Hbond substituents is 1. The fourth-order valence-corrected chi connectivity index (χ4v) is 7.50. The zero-order valence-corrected chi connectivity index (χ0v) is 33.4. The molecule has 1 aliphatic carbocycles. The van der Waals surface area contributed by atoms with Crippen LogP contribution in [0.3, 0.4) is 0 Å². The third kappa shape index (κ3) is 11.4. The number of rotatable bonds is 18. The second kappa shape index (κ2) is 19.8. The summed E-state index contributed by atoms with van der Waals surface area (Å²) in [5.74, 6) is -2.13. The molecule has 0 bridgehead atoms. The van der Waals surface area contributed by atoms with Gasteiger partial charge < -0.3 is 36.8 Å². The smallest absolute Gasteiger partial charge is 0.269 e. The molecule has 4 amide bonds. The van der Waals surface area contributed by atoms with Gasteiger partial charge in [0, 0.05) is 56.9 Å². The van der Waals surface area contributed by atoms with E-state index in [1.165, 1.54) is 23.1 Å². The van der Waals surface area contributed by atoms with E-state index in [-0.39, 0.29) is 41.2 Å². The molecule has 0 saturated heterocycles. The number of aryl methyl sites for hydroxylation is 2. The van der Waals surface area contributed by atoms with Gasteiger partial charge in [-0.25, -0.2) is 4.98 Å². The fraction of sp³-hybridized carbons (Fsp3) is 0.349. The average molecular weight is 794 g/mol. The van der Waals surface area contributed by atoms with Gasteiger partial charge in [-0.15, -0.1) is 11.3 Å². The topological polar surface area (TPSA) is 211 Å². The molecule has 1 heterocycles. The molecule has 300 valence electrons. The number of amides is 4. The molecule has 14 heteroatoms. The number of aliphatic hydroxyl groups excluding tert-OH is 1. The van der Waals surface area contributed by atoms with Crippen LogP contribution in [0.5, 0.6) is 5.75 Å². The number of aliphatic hydroxyl groups is 1. The van der Waals surface area contributed by atoms with Gasteiger partial charge in [0.2, 0.25) is 5.91 Å². The number of aromatic nitrogens is 1. The Morgan fingerprint density at radius 3 is 2.32 bits per heavy atom. The van der Waals surface area contributed by atoms with Crippen LogP contribution in [-0.4, -0.2) is 76.6 Å². The highest BCUT2D eigenvalue weighted by Gasteiger charge is 2.26. The average Bonchev–Trinajstić information content (AvgIpc) is 3.81. The number of benzene rings is 3.